The second kappa shape index (κ2) is 9.27. The van der Waals surface area contributed by atoms with Crippen molar-refractivity contribution in [2.45, 2.75) is 59.8 Å². The van der Waals surface area contributed by atoms with Gasteiger partial charge in [-0.05, 0) is 63.4 Å². The number of benzene rings is 2. The van der Waals surface area contributed by atoms with Gasteiger partial charge in [-0.3, -0.25) is 4.79 Å². The van der Waals surface area contributed by atoms with E-state index in [0.29, 0.717) is 13.0 Å². The van der Waals surface area contributed by atoms with Crippen molar-refractivity contribution in [1.82, 2.24) is 5.32 Å². The zero-order chi connectivity index (χ0) is 19.1. The number of hydrogen-bond donors (Lipinski definition) is 1. The average Bonchev–Trinajstić information content (AvgIpc) is 2.59. The Balaban J connectivity index is 1.96. The van der Waals surface area contributed by atoms with E-state index in [1.54, 1.807) is 0 Å². The van der Waals surface area contributed by atoms with E-state index in [1.807, 2.05) is 71.0 Å². The molecule has 2 rings (SSSR count). The quantitative estimate of drug-likeness (QED) is 0.755. The van der Waals surface area contributed by atoms with Crippen molar-refractivity contribution < 1.29 is 14.3 Å². The van der Waals surface area contributed by atoms with Crippen molar-refractivity contribution in [3.05, 3.63) is 59.2 Å². The summed E-state index contributed by atoms with van der Waals surface area (Å²) in [4.78, 5) is 12.5. The van der Waals surface area contributed by atoms with Gasteiger partial charge in [0, 0.05) is 6.54 Å². The molecular formula is C22H29NO3. The first-order valence-electron chi connectivity index (χ1n) is 9.16. The molecule has 1 N–H and O–H groups in total. The largest absolute Gasteiger partial charge is 0.491 e. The van der Waals surface area contributed by atoms with Crippen molar-refractivity contribution in [2.75, 3.05) is 0 Å². The van der Waals surface area contributed by atoms with E-state index in [1.165, 1.54) is 5.56 Å². The third kappa shape index (κ3) is 5.80. The van der Waals surface area contributed by atoms with Crippen LogP contribution in [0.1, 0.15) is 43.9 Å². The van der Waals surface area contributed by atoms with Gasteiger partial charge in [-0.1, -0.05) is 36.8 Å². The normalized spacial score (nSPS) is 11.9. The Bertz CT molecular complexity index is 740. The van der Waals surface area contributed by atoms with Gasteiger partial charge in [0.2, 0.25) is 0 Å². The molecule has 1 atom stereocenters. The van der Waals surface area contributed by atoms with Crippen LogP contribution in [0.3, 0.4) is 0 Å². The van der Waals surface area contributed by atoms with E-state index < -0.39 is 6.10 Å². The highest BCUT2D eigenvalue weighted by Crippen LogP contribution is 2.21. The lowest BCUT2D eigenvalue weighted by atomic mass is 10.1. The summed E-state index contributed by atoms with van der Waals surface area (Å²) in [6.45, 7) is 10.4. The molecule has 1 amide bonds. The first kappa shape index (κ1) is 19.8. The topological polar surface area (TPSA) is 47.6 Å². The summed E-state index contributed by atoms with van der Waals surface area (Å²) < 4.78 is 11.6. The van der Waals surface area contributed by atoms with Crippen molar-refractivity contribution in [1.29, 1.82) is 0 Å². The molecule has 0 saturated heterocycles. The van der Waals surface area contributed by atoms with E-state index in [9.17, 15) is 4.79 Å². The van der Waals surface area contributed by atoms with Gasteiger partial charge in [0.15, 0.2) is 6.10 Å². The molecule has 0 aliphatic heterocycles. The highest BCUT2D eigenvalue weighted by atomic mass is 16.5. The fourth-order valence-electron chi connectivity index (χ4n) is 2.71. The maximum atomic E-state index is 12.5. The Hall–Kier alpha value is -2.49. The van der Waals surface area contributed by atoms with Crippen LogP contribution in [0.5, 0.6) is 11.5 Å². The number of rotatable bonds is 8. The lowest BCUT2D eigenvalue weighted by Gasteiger charge is -2.19. The van der Waals surface area contributed by atoms with Gasteiger partial charge in [-0.15, -0.1) is 0 Å². The molecule has 26 heavy (non-hydrogen) atoms. The minimum absolute atomic E-state index is 0.109. The fourth-order valence-corrected chi connectivity index (χ4v) is 2.71. The zero-order valence-electron chi connectivity index (χ0n) is 16.3. The molecule has 0 saturated carbocycles. The standard InChI is InChI=1S/C22H29NO3/c1-6-20(26-21-11-10-16(4)12-17(21)5)22(24)23-14-18-8-7-9-19(13-18)25-15(2)3/h7-13,15,20H,6,14H2,1-5H3,(H,23,24)/t20-/m0/s1. The Labute approximate surface area is 156 Å². The van der Waals surface area contributed by atoms with Gasteiger partial charge < -0.3 is 14.8 Å². The maximum Gasteiger partial charge on any atom is 0.261 e. The van der Waals surface area contributed by atoms with Gasteiger partial charge in [0.25, 0.3) is 5.91 Å². The van der Waals surface area contributed by atoms with Crippen LogP contribution in [0.25, 0.3) is 0 Å². The summed E-state index contributed by atoms with van der Waals surface area (Å²) in [7, 11) is 0. The summed E-state index contributed by atoms with van der Waals surface area (Å²) in [5.74, 6) is 1.46. The second-order valence-corrected chi connectivity index (χ2v) is 6.82. The minimum Gasteiger partial charge on any atom is -0.491 e. The predicted molar refractivity (Wildman–Crippen MR) is 105 cm³/mol. The summed E-state index contributed by atoms with van der Waals surface area (Å²) in [5.41, 5.74) is 3.21. The molecular weight excluding hydrogens is 326 g/mol. The molecule has 0 bridgehead atoms. The third-order valence-electron chi connectivity index (χ3n) is 4.00. The van der Waals surface area contributed by atoms with E-state index in [4.69, 9.17) is 9.47 Å². The molecule has 0 heterocycles. The molecule has 2 aromatic carbocycles. The van der Waals surface area contributed by atoms with Gasteiger partial charge in [-0.2, -0.15) is 0 Å². The molecule has 0 aliphatic carbocycles. The SMILES string of the molecule is CC[C@H](Oc1ccc(C)cc1C)C(=O)NCc1cccc(OC(C)C)c1. The van der Waals surface area contributed by atoms with Crippen LogP contribution in [0.4, 0.5) is 0 Å². The predicted octanol–water partition coefficient (Wildman–Crippen LogP) is 4.56. The van der Waals surface area contributed by atoms with Crippen LogP contribution in [0.15, 0.2) is 42.5 Å². The van der Waals surface area contributed by atoms with Crippen LogP contribution in [0.2, 0.25) is 0 Å². The fraction of sp³-hybridized carbons (Fsp3) is 0.409. The van der Waals surface area contributed by atoms with Crippen LogP contribution >= 0.6 is 0 Å². The summed E-state index contributed by atoms with van der Waals surface area (Å²) >= 11 is 0. The highest BCUT2D eigenvalue weighted by Gasteiger charge is 2.19. The monoisotopic (exact) mass is 355 g/mol. The first-order chi connectivity index (χ1) is 12.4. The molecule has 4 heteroatoms. The molecule has 0 fully saturated rings. The zero-order valence-corrected chi connectivity index (χ0v) is 16.3. The number of nitrogens with one attached hydrogen (secondary N) is 1. The van der Waals surface area contributed by atoms with Gasteiger partial charge >= 0.3 is 0 Å². The molecule has 4 nitrogen and oxygen atoms in total. The van der Waals surface area contributed by atoms with Crippen molar-refractivity contribution >= 4 is 5.91 Å². The average molecular weight is 355 g/mol. The number of hydrogen-bond acceptors (Lipinski definition) is 3. The highest BCUT2D eigenvalue weighted by molar-refractivity contribution is 5.81. The number of ether oxygens (including phenoxy) is 2. The Kier molecular flexibility index (Phi) is 7.07. The summed E-state index contributed by atoms with van der Waals surface area (Å²) in [6.07, 6.45) is 0.220. The molecule has 0 aliphatic rings. The van der Waals surface area contributed by atoms with Gasteiger partial charge in [0.1, 0.15) is 11.5 Å². The molecule has 0 radical (unpaired) electrons. The number of aryl methyl sites for hydroxylation is 2. The Morgan fingerprint density at radius 2 is 1.85 bits per heavy atom. The molecule has 2 aromatic rings. The second-order valence-electron chi connectivity index (χ2n) is 6.82. The summed E-state index contributed by atoms with van der Waals surface area (Å²) in [5, 5.41) is 2.96. The Morgan fingerprint density at radius 3 is 2.50 bits per heavy atom. The first-order valence-corrected chi connectivity index (χ1v) is 9.16. The smallest absolute Gasteiger partial charge is 0.261 e. The van der Waals surface area contributed by atoms with Crippen molar-refractivity contribution in [3.63, 3.8) is 0 Å². The lowest BCUT2D eigenvalue weighted by molar-refractivity contribution is -0.128. The van der Waals surface area contributed by atoms with E-state index >= 15 is 0 Å². The van der Waals surface area contributed by atoms with E-state index in [-0.39, 0.29) is 12.0 Å². The molecule has 0 spiro atoms. The van der Waals surface area contributed by atoms with Crippen LogP contribution in [0, 0.1) is 13.8 Å². The third-order valence-corrected chi connectivity index (χ3v) is 4.00. The van der Waals surface area contributed by atoms with E-state index in [0.717, 1.165) is 22.6 Å². The Morgan fingerprint density at radius 1 is 1.08 bits per heavy atom. The minimum atomic E-state index is -0.508. The van der Waals surface area contributed by atoms with Crippen LogP contribution in [-0.2, 0) is 11.3 Å². The summed E-state index contributed by atoms with van der Waals surface area (Å²) in [6, 6.07) is 13.7. The van der Waals surface area contributed by atoms with Gasteiger partial charge in [-0.25, -0.2) is 0 Å². The van der Waals surface area contributed by atoms with Crippen LogP contribution in [-0.4, -0.2) is 18.1 Å². The van der Waals surface area contributed by atoms with E-state index in [2.05, 4.69) is 11.4 Å². The molecule has 0 aromatic heterocycles. The van der Waals surface area contributed by atoms with Crippen molar-refractivity contribution in [2.24, 2.45) is 0 Å². The number of carbonyl (C=O) groups is 1. The van der Waals surface area contributed by atoms with Gasteiger partial charge in [0.05, 0.1) is 6.10 Å². The lowest BCUT2D eigenvalue weighted by Crippen LogP contribution is -2.37. The van der Waals surface area contributed by atoms with Crippen LogP contribution < -0.4 is 14.8 Å². The molecule has 0 unspecified atom stereocenters. The van der Waals surface area contributed by atoms with Crippen molar-refractivity contribution in [3.8, 4) is 11.5 Å². The maximum absolute atomic E-state index is 12.5. The number of carbonyl (C=O) groups excluding carboxylic acids is 1. The molecule has 140 valence electrons. The number of amides is 1.